The van der Waals surface area contributed by atoms with E-state index >= 15 is 0 Å². The predicted molar refractivity (Wildman–Crippen MR) is 70.6 cm³/mol. The third kappa shape index (κ3) is 3.75. The zero-order chi connectivity index (χ0) is 12.8. The van der Waals surface area contributed by atoms with Gasteiger partial charge in [0.05, 0.1) is 0 Å². The van der Waals surface area contributed by atoms with Crippen LogP contribution in [0.5, 0.6) is 0 Å². The fraction of sp³-hybridized carbons (Fsp3) is 0.462. The Balaban J connectivity index is 2.77. The standard InChI is InChI=1S/C13H20N2O2/c1-10(16)12-9-11(5-6-13(12)14)15(2)7-4-8-17-3/h5-6,9H,4,7-8,14H2,1-3H3. The molecule has 0 unspecified atom stereocenters. The van der Waals surface area contributed by atoms with Gasteiger partial charge in [-0.1, -0.05) is 0 Å². The molecule has 0 spiro atoms. The first-order valence-corrected chi connectivity index (χ1v) is 5.66. The second-order valence-electron chi connectivity index (χ2n) is 4.10. The second-order valence-corrected chi connectivity index (χ2v) is 4.10. The van der Waals surface area contributed by atoms with Crippen LogP contribution >= 0.6 is 0 Å². The van der Waals surface area contributed by atoms with Crippen molar-refractivity contribution >= 4 is 17.2 Å². The minimum atomic E-state index is -0.00496. The fourth-order valence-electron chi connectivity index (χ4n) is 1.66. The van der Waals surface area contributed by atoms with Gasteiger partial charge in [-0.15, -0.1) is 0 Å². The second kappa shape index (κ2) is 6.25. The first kappa shape index (κ1) is 13.5. The molecule has 0 atom stereocenters. The van der Waals surface area contributed by atoms with Crippen LogP contribution in [0, 0.1) is 0 Å². The molecule has 1 rings (SSSR count). The van der Waals surface area contributed by atoms with Gasteiger partial charge in [0.2, 0.25) is 0 Å². The highest BCUT2D eigenvalue weighted by Crippen LogP contribution is 2.21. The molecule has 1 aromatic carbocycles. The molecule has 4 nitrogen and oxygen atoms in total. The molecule has 0 aliphatic carbocycles. The van der Waals surface area contributed by atoms with E-state index in [1.54, 1.807) is 13.2 Å². The zero-order valence-corrected chi connectivity index (χ0v) is 10.7. The summed E-state index contributed by atoms with van der Waals surface area (Å²) in [6.45, 7) is 3.15. The van der Waals surface area contributed by atoms with Crippen LogP contribution in [0.4, 0.5) is 11.4 Å². The van der Waals surface area contributed by atoms with Crippen molar-refractivity contribution in [1.82, 2.24) is 0 Å². The molecule has 0 heterocycles. The van der Waals surface area contributed by atoms with Crippen LogP contribution in [0.2, 0.25) is 0 Å². The van der Waals surface area contributed by atoms with Gasteiger partial charge in [-0.3, -0.25) is 4.79 Å². The van der Waals surface area contributed by atoms with Gasteiger partial charge >= 0.3 is 0 Å². The average molecular weight is 236 g/mol. The van der Waals surface area contributed by atoms with E-state index in [9.17, 15) is 4.79 Å². The maximum absolute atomic E-state index is 11.4. The van der Waals surface area contributed by atoms with Crippen molar-refractivity contribution in [2.75, 3.05) is 37.9 Å². The highest BCUT2D eigenvalue weighted by Gasteiger charge is 2.08. The smallest absolute Gasteiger partial charge is 0.161 e. The van der Waals surface area contributed by atoms with E-state index in [1.807, 2.05) is 19.2 Å². The number of ether oxygens (including phenoxy) is 1. The Morgan fingerprint density at radius 1 is 1.47 bits per heavy atom. The van der Waals surface area contributed by atoms with Gasteiger partial charge in [-0.2, -0.15) is 0 Å². The number of methoxy groups -OCH3 is 1. The van der Waals surface area contributed by atoms with Crippen molar-refractivity contribution in [3.63, 3.8) is 0 Å². The van der Waals surface area contributed by atoms with Crippen LogP contribution in [0.3, 0.4) is 0 Å². The number of nitrogens with zero attached hydrogens (tertiary/aromatic N) is 1. The lowest BCUT2D eigenvalue weighted by Crippen LogP contribution is -2.20. The average Bonchev–Trinajstić information content (AvgIpc) is 2.29. The summed E-state index contributed by atoms with van der Waals surface area (Å²) in [6.07, 6.45) is 0.951. The number of nitrogen functional groups attached to an aromatic ring is 1. The number of hydrogen-bond acceptors (Lipinski definition) is 4. The molecule has 0 radical (unpaired) electrons. The molecule has 1 aromatic rings. The maximum atomic E-state index is 11.4. The van der Waals surface area contributed by atoms with E-state index in [4.69, 9.17) is 10.5 Å². The molecule has 0 saturated heterocycles. The lowest BCUT2D eigenvalue weighted by Gasteiger charge is -2.20. The van der Waals surface area contributed by atoms with E-state index in [-0.39, 0.29) is 5.78 Å². The van der Waals surface area contributed by atoms with Crippen molar-refractivity contribution in [3.8, 4) is 0 Å². The van der Waals surface area contributed by atoms with Gasteiger partial charge in [-0.25, -0.2) is 0 Å². The summed E-state index contributed by atoms with van der Waals surface area (Å²) in [5.41, 5.74) is 7.87. The fourth-order valence-corrected chi connectivity index (χ4v) is 1.66. The largest absolute Gasteiger partial charge is 0.398 e. The summed E-state index contributed by atoms with van der Waals surface area (Å²) in [4.78, 5) is 13.5. The number of carbonyl (C=O) groups is 1. The Bertz CT molecular complexity index is 391. The summed E-state index contributed by atoms with van der Waals surface area (Å²) in [5.74, 6) is -0.00496. The Morgan fingerprint density at radius 3 is 2.76 bits per heavy atom. The molecule has 2 N–H and O–H groups in total. The first-order chi connectivity index (χ1) is 8.06. The normalized spacial score (nSPS) is 10.3. The van der Waals surface area contributed by atoms with Crippen LogP contribution in [0.25, 0.3) is 0 Å². The summed E-state index contributed by atoms with van der Waals surface area (Å²) < 4.78 is 5.01. The van der Waals surface area contributed by atoms with Gasteiger partial charge in [-0.05, 0) is 31.5 Å². The van der Waals surface area contributed by atoms with E-state index < -0.39 is 0 Å². The molecular formula is C13H20N2O2. The first-order valence-electron chi connectivity index (χ1n) is 5.66. The minimum Gasteiger partial charge on any atom is -0.398 e. The molecule has 4 heteroatoms. The number of ketones is 1. The minimum absolute atomic E-state index is 0.00496. The predicted octanol–water partition coefficient (Wildman–Crippen LogP) is 1.94. The molecule has 17 heavy (non-hydrogen) atoms. The molecule has 0 bridgehead atoms. The number of Topliss-reactive ketones (excluding diaryl/α,β-unsaturated/α-hetero) is 1. The van der Waals surface area contributed by atoms with Crippen LogP contribution in [-0.4, -0.2) is 33.1 Å². The lowest BCUT2D eigenvalue weighted by molar-refractivity contribution is 0.101. The van der Waals surface area contributed by atoms with Crippen molar-refractivity contribution < 1.29 is 9.53 Å². The van der Waals surface area contributed by atoms with Crippen molar-refractivity contribution in [1.29, 1.82) is 0 Å². The van der Waals surface area contributed by atoms with E-state index in [1.165, 1.54) is 6.92 Å². The van der Waals surface area contributed by atoms with Gasteiger partial charge in [0, 0.05) is 44.2 Å². The van der Waals surface area contributed by atoms with Gasteiger partial charge in [0.15, 0.2) is 5.78 Å². The number of benzene rings is 1. The monoisotopic (exact) mass is 236 g/mol. The van der Waals surface area contributed by atoms with Crippen LogP contribution in [0.1, 0.15) is 23.7 Å². The lowest BCUT2D eigenvalue weighted by atomic mass is 10.1. The zero-order valence-electron chi connectivity index (χ0n) is 10.7. The molecule has 0 aromatic heterocycles. The van der Waals surface area contributed by atoms with E-state index in [0.717, 1.165) is 25.3 Å². The summed E-state index contributed by atoms with van der Waals surface area (Å²) in [5, 5.41) is 0. The highest BCUT2D eigenvalue weighted by molar-refractivity contribution is 6.00. The third-order valence-electron chi connectivity index (χ3n) is 2.70. The van der Waals surface area contributed by atoms with Gasteiger partial charge in [0.25, 0.3) is 0 Å². The molecule has 0 aliphatic rings. The molecule has 0 amide bonds. The van der Waals surface area contributed by atoms with Crippen LogP contribution < -0.4 is 10.6 Å². The summed E-state index contributed by atoms with van der Waals surface area (Å²) in [7, 11) is 3.68. The Morgan fingerprint density at radius 2 is 2.18 bits per heavy atom. The SMILES string of the molecule is COCCCN(C)c1ccc(N)c(C(C)=O)c1. The maximum Gasteiger partial charge on any atom is 0.161 e. The molecule has 0 aliphatic heterocycles. The van der Waals surface area contributed by atoms with Crippen LogP contribution in [-0.2, 0) is 4.74 Å². The van der Waals surface area contributed by atoms with E-state index in [0.29, 0.717) is 11.3 Å². The number of rotatable bonds is 6. The Hall–Kier alpha value is -1.55. The third-order valence-corrected chi connectivity index (χ3v) is 2.70. The highest BCUT2D eigenvalue weighted by atomic mass is 16.5. The van der Waals surface area contributed by atoms with Crippen molar-refractivity contribution in [3.05, 3.63) is 23.8 Å². The summed E-state index contributed by atoms with van der Waals surface area (Å²) in [6, 6.07) is 5.54. The van der Waals surface area contributed by atoms with Gasteiger partial charge in [0.1, 0.15) is 0 Å². The number of anilines is 2. The molecule has 0 saturated carbocycles. The van der Waals surface area contributed by atoms with Crippen molar-refractivity contribution in [2.45, 2.75) is 13.3 Å². The Labute approximate surface area is 102 Å². The molecular weight excluding hydrogens is 216 g/mol. The number of hydrogen-bond donors (Lipinski definition) is 1. The number of nitrogens with two attached hydrogens (primary N) is 1. The quantitative estimate of drug-likeness (QED) is 0.466. The van der Waals surface area contributed by atoms with Gasteiger partial charge < -0.3 is 15.4 Å². The topological polar surface area (TPSA) is 55.6 Å². The number of carbonyl (C=O) groups excluding carboxylic acids is 1. The molecule has 0 fully saturated rings. The summed E-state index contributed by atoms with van der Waals surface area (Å²) >= 11 is 0. The van der Waals surface area contributed by atoms with Crippen molar-refractivity contribution in [2.24, 2.45) is 0 Å². The van der Waals surface area contributed by atoms with E-state index in [2.05, 4.69) is 4.90 Å². The molecule has 94 valence electrons. The Kier molecular flexibility index (Phi) is 4.97. The van der Waals surface area contributed by atoms with Crippen LogP contribution in [0.15, 0.2) is 18.2 Å².